The Labute approximate surface area is 166 Å². The Morgan fingerprint density at radius 3 is 2.89 bits per heavy atom. The average Bonchev–Trinajstić information content (AvgIpc) is 3.25. The molecule has 5 nitrogen and oxygen atoms in total. The van der Waals surface area contributed by atoms with E-state index in [1.165, 1.54) is 17.3 Å². The Bertz CT molecular complexity index is 975. The van der Waals surface area contributed by atoms with Crippen LogP contribution in [0.1, 0.15) is 18.4 Å². The second kappa shape index (κ2) is 7.74. The van der Waals surface area contributed by atoms with Gasteiger partial charge in [-0.25, -0.2) is 0 Å². The first-order chi connectivity index (χ1) is 13.1. The molecular formula is C20H18ClN3O2S. The number of carbonyl (C=O) groups excluding carboxylic acids is 1. The average molecular weight is 400 g/mol. The predicted molar refractivity (Wildman–Crippen MR) is 108 cm³/mol. The van der Waals surface area contributed by atoms with Gasteiger partial charge in [0.15, 0.2) is 0 Å². The fourth-order valence-corrected chi connectivity index (χ4v) is 4.23. The van der Waals surface area contributed by atoms with Crippen molar-refractivity contribution in [1.29, 1.82) is 0 Å². The molecule has 1 aliphatic rings. The Hall–Kier alpha value is -2.31. The van der Waals surface area contributed by atoms with E-state index in [9.17, 15) is 4.79 Å². The van der Waals surface area contributed by atoms with Crippen LogP contribution in [0, 0.1) is 0 Å². The van der Waals surface area contributed by atoms with Gasteiger partial charge in [-0.15, -0.1) is 11.8 Å². The third kappa shape index (κ3) is 3.73. The minimum atomic E-state index is 0.100. The summed E-state index contributed by atoms with van der Waals surface area (Å²) < 4.78 is 5.29. The van der Waals surface area contributed by atoms with Gasteiger partial charge in [0.2, 0.25) is 17.6 Å². The quantitative estimate of drug-likeness (QED) is 0.627. The highest BCUT2D eigenvalue weighted by Gasteiger charge is 2.30. The Kier molecular flexibility index (Phi) is 5.18. The largest absolute Gasteiger partial charge is 0.338 e. The van der Waals surface area contributed by atoms with Crippen molar-refractivity contribution in [3.8, 4) is 11.4 Å². The molecule has 0 radical (unpaired) electrons. The molecule has 3 aromatic rings. The maximum Gasteiger partial charge on any atom is 0.237 e. The summed E-state index contributed by atoms with van der Waals surface area (Å²) in [5.41, 5.74) is 2.98. The molecule has 2 heterocycles. The normalized spacial score (nSPS) is 15.8. The van der Waals surface area contributed by atoms with Crippen LogP contribution in [0.4, 0.5) is 5.69 Å². The molecule has 0 saturated heterocycles. The molecule has 1 atom stereocenters. The minimum Gasteiger partial charge on any atom is -0.338 e. The van der Waals surface area contributed by atoms with E-state index in [1.54, 1.807) is 6.07 Å². The van der Waals surface area contributed by atoms with E-state index in [0.29, 0.717) is 28.2 Å². The van der Waals surface area contributed by atoms with Gasteiger partial charge in [-0.05, 0) is 37.1 Å². The molecule has 0 fully saturated rings. The molecule has 1 aromatic heterocycles. The molecule has 27 heavy (non-hydrogen) atoms. The number of hydrogen-bond donors (Lipinski definition) is 0. The van der Waals surface area contributed by atoms with Crippen LogP contribution in [0.25, 0.3) is 11.4 Å². The van der Waals surface area contributed by atoms with Gasteiger partial charge in [0.05, 0.1) is 16.5 Å². The number of carbonyl (C=O) groups is 1. The van der Waals surface area contributed by atoms with E-state index in [4.69, 9.17) is 16.1 Å². The zero-order valence-corrected chi connectivity index (χ0v) is 16.3. The standard InChI is InChI=1S/C20H18ClN3O2S/c1-13-10-14-6-2-5-9-17(14)24(13)19(25)12-27-11-18-22-20(23-26-18)15-7-3-4-8-16(15)21/h2-9,13H,10-12H2,1H3/t13-/m0/s1. The number of anilines is 1. The highest BCUT2D eigenvalue weighted by atomic mass is 35.5. The number of amides is 1. The summed E-state index contributed by atoms with van der Waals surface area (Å²) in [5.74, 6) is 1.89. The zero-order chi connectivity index (χ0) is 18.8. The number of nitrogens with zero attached hydrogens (tertiary/aromatic N) is 3. The van der Waals surface area contributed by atoms with Crippen molar-refractivity contribution >= 4 is 35.0 Å². The maximum absolute atomic E-state index is 12.7. The first kappa shape index (κ1) is 18.1. The Morgan fingerprint density at radius 1 is 1.26 bits per heavy atom. The van der Waals surface area contributed by atoms with Crippen molar-refractivity contribution in [3.63, 3.8) is 0 Å². The van der Waals surface area contributed by atoms with Crippen LogP contribution in [-0.2, 0) is 17.0 Å². The fraction of sp³-hybridized carbons (Fsp3) is 0.250. The summed E-state index contributed by atoms with van der Waals surface area (Å²) in [5, 5.41) is 4.56. The van der Waals surface area contributed by atoms with Crippen LogP contribution in [0.5, 0.6) is 0 Å². The second-order valence-electron chi connectivity index (χ2n) is 6.43. The van der Waals surface area contributed by atoms with Gasteiger partial charge in [0.25, 0.3) is 0 Å². The van der Waals surface area contributed by atoms with Crippen molar-refractivity contribution in [2.45, 2.75) is 25.1 Å². The molecule has 0 bridgehead atoms. The molecule has 0 saturated carbocycles. The lowest BCUT2D eigenvalue weighted by molar-refractivity contribution is -0.116. The number of rotatable bonds is 5. The Morgan fingerprint density at radius 2 is 2.04 bits per heavy atom. The van der Waals surface area contributed by atoms with Crippen molar-refractivity contribution in [2.24, 2.45) is 0 Å². The van der Waals surface area contributed by atoms with Crippen molar-refractivity contribution < 1.29 is 9.32 Å². The van der Waals surface area contributed by atoms with Crippen LogP contribution in [0.2, 0.25) is 5.02 Å². The van der Waals surface area contributed by atoms with E-state index >= 15 is 0 Å². The molecule has 138 valence electrons. The van der Waals surface area contributed by atoms with Crippen LogP contribution < -0.4 is 4.90 Å². The number of halogens is 1. The van der Waals surface area contributed by atoms with Crippen LogP contribution >= 0.6 is 23.4 Å². The topological polar surface area (TPSA) is 59.2 Å². The summed E-state index contributed by atoms with van der Waals surface area (Å²) in [7, 11) is 0. The highest BCUT2D eigenvalue weighted by Crippen LogP contribution is 2.32. The number of hydrogen-bond acceptors (Lipinski definition) is 5. The SMILES string of the molecule is C[C@H]1Cc2ccccc2N1C(=O)CSCc1nc(-c2ccccc2Cl)no1. The van der Waals surface area contributed by atoms with E-state index in [2.05, 4.69) is 23.1 Å². The molecule has 1 amide bonds. The van der Waals surface area contributed by atoms with Gasteiger partial charge in [-0.1, -0.05) is 47.1 Å². The predicted octanol–water partition coefficient (Wildman–Crippen LogP) is 4.60. The van der Waals surface area contributed by atoms with Crippen molar-refractivity contribution in [2.75, 3.05) is 10.7 Å². The molecule has 0 N–H and O–H groups in total. The number of fused-ring (bicyclic) bond motifs is 1. The van der Waals surface area contributed by atoms with Gasteiger partial charge in [-0.2, -0.15) is 4.98 Å². The van der Waals surface area contributed by atoms with Crippen LogP contribution in [0.15, 0.2) is 53.1 Å². The molecule has 1 aliphatic heterocycles. The third-order valence-corrected chi connectivity index (χ3v) is 5.74. The molecule has 4 rings (SSSR count). The lowest BCUT2D eigenvalue weighted by Crippen LogP contribution is -2.37. The smallest absolute Gasteiger partial charge is 0.237 e. The van der Waals surface area contributed by atoms with E-state index in [-0.39, 0.29) is 11.9 Å². The van der Waals surface area contributed by atoms with Gasteiger partial charge < -0.3 is 9.42 Å². The van der Waals surface area contributed by atoms with Gasteiger partial charge in [0.1, 0.15) is 0 Å². The monoisotopic (exact) mass is 399 g/mol. The first-order valence-electron chi connectivity index (χ1n) is 8.68. The van der Waals surface area contributed by atoms with Gasteiger partial charge >= 0.3 is 0 Å². The van der Waals surface area contributed by atoms with Crippen molar-refractivity contribution in [1.82, 2.24) is 10.1 Å². The third-order valence-electron chi connectivity index (χ3n) is 4.51. The number of thioether (sulfide) groups is 1. The first-order valence-corrected chi connectivity index (χ1v) is 10.2. The lowest BCUT2D eigenvalue weighted by Gasteiger charge is -2.22. The summed E-state index contributed by atoms with van der Waals surface area (Å²) >= 11 is 7.63. The maximum atomic E-state index is 12.7. The molecule has 0 aliphatic carbocycles. The summed E-state index contributed by atoms with van der Waals surface area (Å²) in [6.45, 7) is 2.08. The van der Waals surface area contributed by atoms with Gasteiger partial charge in [0, 0.05) is 17.3 Å². The minimum absolute atomic E-state index is 0.100. The summed E-state index contributed by atoms with van der Waals surface area (Å²) in [6.07, 6.45) is 0.900. The molecule has 7 heteroatoms. The molecule has 0 unspecified atom stereocenters. The van der Waals surface area contributed by atoms with Crippen molar-refractivity contribution in [3.05, 3.63) is 65.0 Å². The fourth-order valence-electron chi connectivity index (χ4n) is 3.31. The summed E-state index contributed by atoms with van der Waals surface area (Å²) in [4.78, 5) is 19.0. The number of benzene rings is 2. The van der Waals surface area contributed by atoms with Crippen LogP contribution in [-0.4, -0.2) is 27.8 Å². The Balaban J connectivity index is 1.37. The van der Waals surface area contributed by atoms with E-state index in [1.807, 2.05) is 41.3 Å². The number of aromatic nitrogens is 2. The lowest BCUT2D eigenvalue weighted by atomic mass is 10.1. The zero-order valence-electron chi connectivity index (χ0n) is 14.8. The molecule has 0 spiro atoms. The summed E-state index contributed by atoms with van der Waals surface area (Å²) in [6, 6.07) is 15.6. The van der Waals surface area contributed by atoms with Gasteiger partial charge in [-0.3, -0.25) is 4.79 Å². The van der Waals surface area contributed by atoms with E-state index < -0.39 is 0 Å². The molecular weight excluding hydrogens is 382 g/mol. The second-order valence-corrected chi connectivity index (χ2v) is 7.82. The number of para-hydroxylation sites is 1. The van der Waals surface area contributed by atoms with Crippen LogP contribution in [0.3, 0.4) is 0 Å². The van der Waals surface area contributed by atoms with E-state index in [0.717, 1.165) is 17.7 Å². The molecule has 2 aromatic carbocycles. The highest BCUT2D eigenvalue weighted by molar-refractivity contribution is 7.99.